The van der Waals surface area contributed by atoms with E-state index >= 15 is 0 Å². The lowest BCUT2D eigenvalue weighted by Gasteiger charge is -2.22. The summed E-state index contributed by atoms with van der Waals surface area (Å²) in [6, 6.07) is 9.96. The molecule has 0 bridgehead atoms. The number of hydrogen-bond acceptors (Lipinski definition) is 3. The largest absolute Gasteiger partial charge is 0.383 e. The number of amides is 1. The van der Waals surface area contributed by atoms with Gasteiger partial charge in [-0.25, -0.2) is 0 Å². The smallest absolute Gasteiger partial charge is 0.248 e. The van der Waals surface area contributed by atoms with Gasteiger partial charge in [0.05, 0.1) is 17.1 Å². The number of carbonyl (C=O) groups is 1. The highest BCUT2D eigenvalue weighted by Crippen LogP contribution is 2.28. The SMILES string of the molecule is Cc1cc(C)n(CC(=O)N2CCCNc3ccccc32)n1. The molecule has 0 aliphatic carbocycles. The molecular formula is C16H20N4O. The van der Waals surface area contributed by atoms with Crippen LogP contribution in [0.3, 0.4) is 0 Å². The molecule has 0 fully saturated rings. The number of fused-ring (bicyclic) bond motifs is 1. The fraction of sp³-hybridized carbons (Fsp3) is 0.375. The van der Waals surface area contributed by atoms with Crippen molar-refractivity contribution < 1.29 is 4.79 Å². The Morgan fingerprint density at radius 3 is 2.90 bits per heavy atom. The molecule has 0 saturated heterocycles. The molecule has 5 heteroatoms. The van der Waals surface area contributed by atoms with E-state index in [2.05, 4.69) is 10.4 Å². The fourth-order valence-electron chi connectivity index (χ4n) is 2.75. The number of nitrogens with zero attached hydrogens (tertiary/aromatic N) is 3. The van der Waals surface area contributed by atoms with E-state index in [4.69, 9.17) is 0 Å². The maximum atomic E-state index is 12.7. The molecule has 1 aromatic carbocycles. The molecule has 0 radical (unpaired) electrons. The van der Waals surface area contributed by atoms with Crippen LogP contribution in [-0.2, 0) is 11.3 Å². The minimum absolute atomic E-state index is 0.0809. The lowest BCUT2D eigenvalue weighted by Crippen LogP contribution is -2.35. The quantitative estimate of drug-likeness (QED) is 0.921. The van der Waals surface area contributed by atoms with Crippen LogP contribution in [0.5, 0.6) is 0 Å². The van der Waals surface area contributed by atoms with Gasteiger partial charge in [0.1, 0.15) is 6.54 Å². The monoisotopic (exact) mass is 284 g/mol. The summed E-state index contributed by atoms with van der Waals surface area (Å²) in [5.41, 5.74) is 3.94. The predicted molar refractivity (Wildman–Crippen MR) is 83.6 cm³/mol. The molecule has 21 heavy (non-hydrogen) atoms. The van der Waals surface area contributed by atoms with Crippen molar-refractivity contribution in [3.63, 3.8) is 0 Å². The molecule has 1 N–H and O–H groups in total. The average molecular weight is 284 g/mol. The molecule has 1 aliphatic heterocycles. The Bertz CT molecular complexity index is 662. The zero-order valence-corrected chi connectivity index (χ0v) is 12.5. The van der Waals surface area contributed by atoms with Crippen LogP contribution in [0.25, 0.3) is 0 Å². The van der Waals surface area contributed by atoms with E-state index in [1.54, 1.807) is 4.68 Å². The van der Waals surface area contributed by atoms with Gasteiger partial charge in [0.25, 0.3) is 0 Å². The maximum Gasteiger partial charge on any atom is 0.248 e. The summed E-state index contributed by atoms with van der Waals surface area (Å²) in [6.45, 7) is 5.83. The van der Waals surface area contributed by atoms with Crippen LogP contribution in [0, 0.1) is 13.8 Å². The molecule has 5 nitrogen and oxygen atoms in total. The molecule has 0 atom stereocenters. The van der Waals surface area contributed by atoms with Crippen molar-refractivity contribution in [1.29, 1.82) is 0 Å². The van der Waals surface area contributed by atoms with Gasteiger partial charge in [-0.05, 0) is 38.5 Å². The number of rotatable bonds is 2. The average Bonchev–Trinajstić information content (AvgIpc) is 2.67. The molecule has 3 rings (SSSR count). The topological polar surface area (TPSA) is 50.2 Å². The zero-order chi connectivity index (χ0) is 14.8. The summed E-state index contributed by atoms with van der Waals surface area (Å²) in [5, 5.41) is 7.75. The molecule has 1 aromatic heterocycles. The van der Waals surface area contributed by atoms with Crippen LogP contribution < -0.4 is 10.2 Å². The number of anilines is 2. The van der Waals surface area contributed by atoms with Gasteiger partial charge >= 0.3 is 0 Å². The molecule has 1 aliphatic rings. The molecule has 0 unspecified atom stereocenters. The first-order valence-electron chi connectivity index (χ1n) is 7.29. The Hall–Kier alpha value is -2.30. The Morgan fingerprint density at radius 2 is 2.14 bits per heavy atom. The lowest BCUT2D eigenvalue weighted by molar-refractivity contribution is -0.119. The van der Waals surface area contributed by atoms with E-state index in [0.717, 1.165) is 42.3 Å². The van der Waals surface area contributed by atoms with E-state index < -0.39 is 0 Å². The van der Waals surface area contributed by atoms with E-state index in [-0.39, 0.29) is 12.5 Å². The molecular weight excluding hydrogens is 264 g/mol. The normalized spacial score (nSPS) is 14.3. The number of aryl methyl sites for hydroxylation is 2. The summed E-state index contributed by atoms with van der Waals surface area (Å²) in [4.78, 5) is 14.5. The summed E-state index contributed by atoms with van der Waals surface area (Å²) < 4.78 is 1.78. The van der Waals surface area contributed by atoms with Crippen molar-refractivity contribution in [3.05, 3.63) is 41.7 Å². The van der Waals surface area contributed by atoms with Crippen LogP contribution in [0.15, 0.2) is 30.3 Å². The minimum atomic E-state index is 0.0809. The van der Waals surface area contributed by atoms with Gasteiger partial charge in [0.15, 0.2) is 0 Å². The summed E-state index contributed by atoms with van der Waals surface area (Å²) in [5.74, 6) is 0.0809. The highest BCUT2D eigenvalue weighted by molar-refractivity contribution is 5.96. The number of hydrogen-bond donors (Lipinski definition) is 1. The standard InChI is InChI=1S/C16H20N4O/c1-12-10-13(2)20(18-12)11-16(21)19-9-5-8-17-14-6-3-4-7-15(14)19/h3-4,6-7,10,17H,5,8-9,11H2,1-2H3. The third-order valence-electron chi connectivity index (χ3n) is 3.76. The van der Waals surface area contributed by atoms with Crippen molar-refractivity contribution in [2.75, 3.05) is 23.3 Å². The van der Waals surface area contributed by atoms with Crippen molar-refractivity contribution in [3.8, 4) is 0 Å². The van der Waals surface area contributed by atoms with Gasteiger partial charge in [0.2, 0.25) is 5.91 Å². The van der Waals surface area contributed by atoms with E-state index in [0.29, 0.717) is 0 Å². The van der Waals surface area contributed by atoms with Crippen LogP contribution in [0.1, 0.15) is 17.8 Å². The van der Waals surface area contributed by atoms with E-state index in [1.807, 2.05) is 49.1 Å². The predicted octanol–water partition coefficient (Wildman–Crippen LogP) is 2.35. The van der Waals surface area contributed by atoms with Crippen LogP contribution in [0.4, 0.5) is 11.4 Å². The second-order valence-corrected chi connectivity index (χ2v) is 5.43. The van der Waals surface area contributed by atoms with Gasteiger partial charge in [0, 0.05) is 18.8 Å². The Balaban J connectivity index is 1.86. The Kier molecular flexibility index (Phi) is 3.64. The van der Waals surface area contributed by atoms with E-state index in [1.165, 1.54) is 0 Å². The molecule has 2 aromatic rings. The van der Waals surface area contributed by atoms with Gasteiger partial charge < -0.3 is 10.2 Å². The maximum absolute atomic E-state index is 12.7. The van der Waals surface area contributed by atoms with Gasteiger partial charge in [-0.1, -0.05) is 12.1 Å². The zero-order valence-electron chi connectivity index (χ0n) is 12.5. The second-order valence-electron chi connectivity index (χ2n) is 5.43. The summed E-state index contributed by atoms with van der Waals surface area (Å²) >= 11 is 0. The minimum Gasteiger partial charge on any atom is -0.383 e. The number of carbonyl (C=O) groups excluding carboxylic acids is 1. The first-order valence-corrected chi connectivity index (χ1v) is 7.29. The number of para-hydroxylation sites is 2. The van der Waals surface area contributed by atoms with Gasteiger partial charge in [-0.2, -0.15) is 5.10 Å². The van der Waals surface area contributed by atoms with Crippen molar-refractivity contribution in [2.45, 2.75) is 26.8 Å². The van der Waals surface area contributed by atoms with Crippen molar-refractivity contribution in [1.82, 2.24) is 9.78 Å². The molecule has 0 saturated carbocycles. The molecule has 0 spiro atoms. The highest BCUT2D eigenvalue weighted by Gasteiger charge is 2.21. The number of benzene rings is 1. The summed E-state index contributed by atoms with van der Waals surface area (Å²) in [6.07, 6.45) is 0.942. The van der Waals surface area contributed by atoms with Crippen LogP contribution >= 0.6 is 0 Å². The number of aromatic nitrogens is 2. The van der Waals surface area contributed by atoms with Crippen molar-refractivity contribution in [2.24, 2.45) is 0 Å². The van der Waals surface area contributed by atoms with E-state index in [9.17, 15) is 4.79 Å². The first kappa shape index (κ1) is 13.7. The third-order valence-corrected chi connectivity index (χ3v) is 3.76. The molecule has 110 valence electrons. The fourth-order valence-corrected chi connectivity index (χ4v) is 2.75. The van der Waals surface area contributed by atoms with Crippen LogP contribution in [0.2, 0.25) is 0 Å². The number of nitrogens with one attached hydrogen (secondary N) is 1. The van der Waals surface area contributed by atoms with Crippen molar-refractivity contribution >= 4 is 17.3 Å². The highest BCUT2D eigenvalue weighted by atomic mass is 16.2. The lowest BCUT2D eigenvalue weighted by atomic mass is 10.2. The molecule has 2 heterocycles. The Morgan fingerprint density at radius 1 is 1.33 bits per heavy atom. The molecule has 1 amide bonds. The van der Waals surface area contributed by atoms with Gasteiger partial charge in [-0.15, -0.1) is 0 Å². The third kappa shape index (κ3) is 2.77. The summed E-state index contributed by atoms with van der Waals surface area (Å²) in [7, 11) is 0. The Labute approximate surface area is 124 Å². The first-order chi connectivity index (χ1) is 10.1. The van der Waals surface area contributed by atoms with Gasteiger partial charge in [-0.3, -0.25) is 9.48 Å². The van der Waals surface area contributed by atoms with Crippen LogP contribution in [-0.4, -0.2) is 28.8 Å². The second kappa shape index (κ2) is 5.60.